The summed E-state index contributed by atoms with van der Waals surface area (Å²) in [6.07, 6.45) is 7.49. The fourth-order valence-corrected chi connectivity index (χ4v) is 2.99. The molecular formula is C23H16N4O. The Bertz CT molecular complexity index is 1200. The normalized spacial score (nSPS) is 11.4. The largest absolute Gasteiger partial charge is 0.436 e. The van der Waals surface area contributed by atoms with Crippen molar-refractivity contribution in [2.75, 3.05) is 0 Å². The predicted octanol–water partition coefficient (Wildman–Crippen LogP) is 5.25. The maximum atomic E-state index is 5.82. The van der Waals surface area contributed by atoms with E-state index in [0.29, 0.717) is 5.89 Å². The summed E-state index contributed by atoms with van der Waals surface area (Å²) in [7, 11) is 0. The van der Waals surface area contributed by atoms with Gasteiger partial charge >= 0.3 is 0 Å². The van der Waals surface area contributed by atoms with Crippen LogP contribution in [0.2, 0.25) is 0 Å². The molecule has 5 nitrogen and oxygen atoms in total. The smallest absolute Gasteiger partial charge is 0.227 e. The topological polar surface area (TPSA) is 56.7 Å². The third-order valence-electron chi connectivity index (χ3n) is 4.46. The summed E-state index contributed by atoms with van der Waals surface area (Å²) >= 11 is 0. The zero-order chi connectivity index (χ0) is 18.8. The van der Waals surface area contributed by atoms with E-state index in [1.165, 1.54) is 0 Å². The highest BCUT2D eigenvalue weighted by atomic mass is 16.3. The van der Waals surface area contributed by atoms with Gasteiger partial charge in [0.05, 0.1) is 18.1 Å². The predicted molar refractivity (Wildman–Crippen MR) is 110 cm³/mol. The van der Waals surface area contributed by atoms with Crippen LogP contribution in [0.25, 0.3) is 40.4 Å². The third-order valence-corrected chi connectivity index (χ3v) is 4.46. The molecule has 2 heterocycles. The van der Waals surface area contributed by atoms with Crippen molar-refractivity contribution >= 4 is 23.3 Å². The van der Waals surface area contributed by atoms with Gasteiger partial charge in [-0.25, -0.2) is 4.98 Å². The highest BCUT2D eigenvalue weighted by Crippen LogP contribution is 2.24. The minimum Gasteiger partial charge on any atom is -0.436 e. The number of oxazole rings is 1. The van der Waals surface area contributed by atoms with Gasteiger partial charge in [-0.3, -0.25) is 0 Å². The lowest BCUT2D eigenvalue weighted by molar-refractivity contribution is 0.620. The lowest BCUT2D eigenvalue weighted by atomic mass is 10.1. The van der Waals surface area contributed by atoms with Gasteiger partial charge in [-0.15, -0.1) is 0 Å². The Morgan fingerprint density at radius 2 is 1.36 bits per heavy atom. The molecule has 2 aromatic heterocycles. The number of fused-ring (bicyclic) bond motifs is 1. The Labute approximate surface area is 161 Å². The molecule has 0 saturated heterocycles. The molecule has 0 N–H and O–H groups in total. The summed E-state index contributed by atoms with van der Waals surface area (Å²) in [6.45, 7) is 0. The monoisotopic (exact) mass is 364 g/mol. The molecule has 0 bridgehead atoms. The maximum Gasteiger partial charge on any atom is 0.227 e. The fraction of sp³-hybridized carbons (Fsp3) is 0. The van der Waals surface area contributed by atoms with Gasteiger partial charge in [0, 0.05) is 5.56 Å². The Hall–Kier alpha value is -3.99. The van der Waals surface area contributed by atoms with Crippen molar-refractivity contribution in [1.29, 1.82) is 0 Å². The second-order valence-electron chi connectivity index (χ2n) is 6.35. The van der Waals surface area contributed by atoms with Gasteiger partial charge in [-0.2, -0.15) is 15.0 Å². The van der Waals surface area contributed by atoms with E-state index in [1.807, 2.05) is 60.7 Å². The van der Waals surface area contributed by atoms with Crippen LogP contribution in [0.5, 0.6) is 0 Å². The van der Waals surface area contributed by atoms with Gasteiger partial charge in [0.2, 0.25) is 5.89 Å². The number of benzene rings is 3. The quantitative estimate of drug-likeness (QED) is 0.409. The van der Waals surface area contributed by atoms with Crippen LogP contribution in [0.4, 0.5) is 0 Å². The summed E-state index contributed by atoms with van der Waals surface area (Å²) in [5.41, 5.74) is 5.79. The first-order valence-electron chi connectivity index (χ1n) is 8.96. The van der Waals surface area contributed by atoms with Crippen LogP contribution < -0.4 is 0 Å². The molecule has 0 aliphatic rings. The van der Waals surface area contributed by atoms with Crippen LogP contribution in [0.15, 0.2) is 89.6 Å². The van der Waals surface area contributed by atoms with E-state index in [4.69, 9.17) is 4.42 Å². The number of rotatable bonds is 4. The highest BCUT2D eigenvalue weighted by molar-refractivity contribution is 5.76. The van der Waals surface area contributed by atoms with Gasteiger partial charge in [0.1, 0.15) is 5.52 Å². The Morgan fingerprint density at radius 3 is 2.04 bits per heavy atom. The lowest BCUT2D eigenvalue weighted by Gasteiger charge is -2.00. The zero-order valence-electron chi connectivity index (χ0n) is 14.9. The van der Waals surface area contributed by atoms with Crippen molar-refractivity contribution < 1.29 is 4.42 Å². The van der Waals surface area contributed by atoms with E-state index in [-0.39, 0.29) is 0 Å². The first-order chi connectivity index (χ1) is 13.8. The van der Waals surface area contributed by atoms with Crippen molar-refractivity contribution in [3.63, 3.8) is 0 Å². The van der Waals surface area contributed by atoms with Crippen molar-refractivity contribution in [3.05, 3.63) is 96.3 Å². The minimum atomic E-state index is 0.638. The summed E-state index contributed by atoms with van der Waals surface area (Å²) in [5.74, 6) is 0.638. The first kappa shape index (κ1) is 16.2. The third kappa shape index (κ3) is 3.21. The Kier molecular flexibility index (Phi) is 4.03. The number of nitrogens with zero attached hydrogens (tertiary/aromatic N) is 4. The molecule has 3 aromatic carbocycles. The van der Waals surface area contributed by atoms with Crippen molar-refractivity contribution in [2.45, 2.75) is 0 Å². The van der Waals surface area contributed by atoms with Crippen LogP contribution in [0, 0.1) is 0 Å². The molecule has 0 amide bonds. The average molecular weight is 364 g/mol. The van der Waals surface area contributed by atoms with E-state index in [1.54, 1.807) is 17.2 Å². The lowest BCUT2D eigenvalue weighted by Crippen LogP contribution is -1.97. The number of aromatic nitrogens is 4. The summed E-state index contributed by atoms with van der Waals surface area (Å²) in [6, 6.07) is 24.0. The molecule has 0 atom stereocenters. The van der Waals surface area contributed by atoms with Gasteiger partial charge in [0.25, 0.3) is 0 Å². The van der Waals surface area contributed by atoms with Crippen molar-refractivity contribution in [1.82, 2.24) is 20.0 Å². The average Bonchev–Trinajstić information content (AvgIpc) is 3.43. The molecule has 0 saturated carbocycles. The van der Waals surface area contributed by atoms with Crippen LogP contribution in [0.1, 0.15) is 11.1 Å². The molecule has 0 aliphatic carbocycles. The number of hydrogen-bond acceptors (Lipinski definition) is 4. The molecule has 28 heavy (non-hydrogen) atoms. The molecular weight excluding hydrogens is 348 g/mol. The second kappa shape index (κ2) is 6.96. The van der Waals surface area contributed by atoms with Crippen molar-refractivity contribution in [3.8, 4) is 17.1 Å². The SMILES string of the molecule is C(=Cc1ccc(-n2nccn2)cc1)c1ccc(-c2nc3ccccc3o2)cc1. The molecule has 0 unspecified atom stereocenters. The highest BCUT2D eigenvalue weighted by Gasteiger charge is 2.07. The van der Waals surface area contributed by atoms with E-state index >= 15 is 0 Å². The zero-order valence-corrected chi connectivity index (χ0v) is 14.9. The van der Waals surface area contributed by atoms with Crippen LogP contribution >= 0.6 is 0 Å². The summed E-state index contributed by atoms with van der Waals surface area (Å²) in [5, 5.41) is 8.26. The standard InChI is InChI=1S/C23H16N4O/c1-2-4-22-21(3-1)26-23(28-22)19-11-7-17(8-12-19)5-6-18-9-13-20(14-10-18)27-24-15-16-25-27/h1-16H. The fourth-order valence-electron chi connectivity index (χ4n) is 2.99. The van der Waals surface area contributed by atoms with Gasteiger partial charge in [0.15, 0.2) is 5.58 Å². The molecule has 0 fully saturated rings. The molecule has 5 aromatic rings. The van der Waals surface area contributed by atoms with Gasteiger partial charge in [-0.05, 0) is 47.5 Å². The first-order valence-corrected chi connectivity index (χ1v) is 8.96. The molecule has 134 valence electrons. The van der Waals surface area contributed by atoms with Gasteiger partial charge in [-0.1, -0.05) is 48.6 Å². The summed E-state index contributed by atoms with van der Waals surface area (Å²) in [4.78, 5) is 6.13. The maximum absolute atomic E-state index is 5.82. The van der Waals surface area contributed by atoms with E-state index in [9.17, 15) is 0 Å². The van der Waals surface area contributed by atoms with E-state index < -0.39 is 0 Å². The van der Waals surface area contributed by atoms with Crippen molar-refractivity contribution in [2.24, 2.45) is 0 Å². The molecule has 0 spiro atoms. The minimum absolute atomic E-state index is 0.638. The molecule has 5 heteroatoms. The number of para-hydroxylation sites is 2. The summed E-state index contributed by atoms with van der Waals surface area (Å²) < 4.78 is 5.82. The van der Waals surface area contributed by atoms with Crippen LogP contribution in [-0.2, 0) is 0 Å². The van der Waals surface area contributed by atoms with Gasteiger partial charge < -0.3 is 4.42 Å². The van der Waals surface area contributed by atoms with E-state index in [0.717, 1.165) is 33.5 Å². The number of hydrogen-bond donors (Lipinski definition) is 0. The molecule has 0 radical (unpaired) electrons. The Balaban J connectivity index is 1.33. The molecule has 0 aliphatic heterocycles. The van der Waals surface area contributed by atoms with Crippen LogP contribution in [0.3, 0.4) is 0 Å². The van der Waals surface area contributed by atoms with Crippen LogP contribution in [-0.4, -0.2) is 20.0 Å². The molecule has 5 rings (SSSR count). The second-order valence-corrected chi connectivity index (χ2v) is 6.35. The Morgan fingerprint density at radius 1 is 0.714 bits per heavy atom. The van der Waals surface area contributed by atoms with E-state index in [2.05, 4.69) is 39.5 Å².